The molecule has 19 heavy (non-hydrogen) atoms. The molecule has 0 saturated carbocycles. The highest BCUT2D eigenvalue weighted by molar-refractivity contribution is 5.82. The van der Waals surface area contributed by atoms with Crippen molar-refractivity contribution in [1.82, 2.24) is 15.1 Å². The molecular formula is C13H24N4O2. The lowest BCUT2D eigenvalue weighted by atomic mass is 9.99. The molecule has 2 saturated heterocycles. The van der Waals surface area contributed by atoms with Crippen molar-refractivity contribution in [2.24, 2.45) is 11.7 Å². The van der Waals surface area contributed by atoms with Crippen molar-refractivity contribution in [3.63, 3.8) is 0 Å². The van der Waals surface area contributed by atoms with E-state index in [2.05, 4.69) is 5.32 Å². The molecular weight excluding hydrogens is 244 g/mol. The molecule has 2 aliphatic rings. The number of piperidine rings is 1. The molecule has 0 aromatic rings. The number of urea groups is 1. The number of carbonyl (C=O) groups is 2. The van der Waals surface area contributed by atoms with Crippen LogP contribution in [0, 0.1) is 5.92 Å². The number of amides is 3. The maximum atomic E-state index is 12.1. The number of hydrogen-bond donors (Lipinski definition) is 2. The summed E-state index contributed by atoms with van der Waals surface area (Å²) in [5.41, 5.74) is 5.90. The fourth-order valence-corrected chi connectivity index (χ4v) is 2.73. The largest absolute Gasteiger partial charge is 0.341 e. The Morgan fingerprint density at radius 3 is 2.42 bits per heavy atom. The molecule has 0 aromatic carbocycles. The molecule has 2 fully saturated rings. The number of nitrogens with zero attached hydrogens (tertiary/aromatic N) is 2. The number of likely N-dealkylation sites (tertiary alicyclic amines) is 1. The van der Waals surface area contributed by atoms with Gasteiger partial charge in [0.2, 0.25) is 5.91 Å². The van der Waals surface area contributed by atoms with E-state index in [1.807, 2.05) is 23.6 Å². The van der Waals surface area contributed by atoms with Gasteiger partial charge in [0, 0.05) is 32.2 Å². The summed E-state index contributed by atoms with van der Waals surface area (Å²) in [5.74, 6) is 0.203. The van der Waals surface area contributed by atoms with Crippen LogP contribution >= 0.6 is 0 Å². The summed E-state index contributed by atoms with van der Waals surface area (Å²) in [6.07, 6.45) is 1.70. The third-order valence-electron chi connectivity index (χ3n) is 4.11. The summed E-state index contributed by atoms with van der Waals surface area (Å²) in [6.45, 7) is 6.84. The average molecular weight is 268 g/mol. The van der Waals surface area contributed by atoms with Gasteiger partial charge >= 0.3 is 6.03 Å². The molecule has 0 aromatic heterocycles. The van der Waals surface area contributed by atoms with Gasteiger partial charge in [-0.3, -0.25) is 4.79 Å². The Bertz CT molecular complexity index is 351. The Balaban J connectivity index is 1.85. The van der Waals surface area contributed by atoms with Crippen LogP contribution in [0.4, 0.5) is 4.79 Å². The quantitative estimate of drug-likeness (QED) is 0.755. The molecule has 0 spiro atoms. The van der Waals surface area contributed by atoms with E-state index in [1.54, 1.807) is 0 Å². The van der Waals surface area contributed by atoms with E-state index in [-0.39, 0.29) is 23.9 Å². The predicted octanol–water partition coefficient (Wildman–Crippen LogP) is -0.0141. The first kappa shape index (κ1) is 14.1. The van der Waals surface area contributed by atoms with E-state index in [1.165, 1.54) is 0 Å². The Morgan fingerprint density at radius 1 is 1.32 bits per heavy atom. The minimum absolute atomic E-state index is 0.0312. The highest BCUT2D eigenvalue weighted by atomic mass is 16.2. The summed E-state index contributed by atoms with van der Waals surface area (Å²) < 4.78 is 0. The molecule has 0 aliphatic carbocycles. The Kier molecular flexibility index (Phi) is 4.29. The second-order valence-corrected chi connectivity index (χ2v) is 5.75. The van der Waals surface area contributed by atoms with E-state index >= 15 is 0 Å². The van der Waals surface area contributed by atoms with Crippen LogP contribution in [0.15, 0.2) is 0 Å². The van der Waals surface area contributed by atoms with Crippen molar-refractivity contribution >= 4 is 11.9 Å². The number of rotatable bonds is 3. The monoisotopic (exact) mass is 268 g/mol. The summed E-state index contributed by atoms with van der Waals surface area (Å²) in [4.78, 5) is 27.5. The topological polar surface area (TPSA) is 78.7 Å². The summed E-state index contributed by atoms with van der Waals surface area (Å²) in [6, 6.07) is -0.114. The lowest BCUT2D eigenvalue weighted by Crippen LogP contribution is -2.52. The molecule has 6 nitrogen and oxygen atoms in total. The smallest absolute Gasteiger partial charge is 0.317 e. The SMILES string of the molecule is CC(C)C(N)C(=O)N1CCC(N2CCNC2=O)CC1. The van der Waals surface area contributed by atoms with E-state index in [4.69, 9.17) is 5.73 Å². The van der Waals surface area contributed by atoms with Crippen LogP contribution in [-0.2, 0) is 4.79 Å². The first-order valence-electron chi connectivity index (χ1n) is 7.09. The summed E-state index contributed by atoms with van der Waals surface area (Å²) in [5, 5.41) is 2.82. The molecule has 3 amide bonds. The third-order valence-corrected chi connectivity index (χ3v) is 4.11. The molecule has 1 unspecified atom stereocenters. The van der Waals surface area contributed by atoms with E-state index in [0.29, 0.717) is 13.1 Å². The minimum Gasteiger partial charge on any atom is -0.341 e. The number of carbonyl (C=O) groups excluding carboxylic acids is 2. The van der Waals surface area contributed by atoms with Gasteiger partial charge in [0.15, 0.2) is 0 Å². The van der Waals surface area contributed by atoms with E-state index < -0.39 is 6.04 Å². The zero-order chi connectivity index (χ0) is 14.0. The van der Waals surface area contributed by atoms with Crippen LogP contribution in [0.3, 0.4) is 0 Å². The van der Waals surface area contributed by atoms with Gasteiger partial charge in [-0.25, -0.2) is 4.79 Å². The van der Waals surface area contributed by atoms with Crippen molar-refractivity contribution in [2.75, 3.05) is 26.2 Å². The first-order valence-corrected chi connectivity index (χ1v) is 7.09. The van der Waals surface area contributed by atoms with Crippen LogP contribution in [0.1, 0.15) is 26.7 Å². The zero-order valence-electron chi connectivity index (χ0n) is 11.8. The van der Waals surface area contributed by atoms with Crippen LogP contribution in [0.5, 0.6) is 0 Å². The van der Waals surface area contributed by atoms with Crippen LogP contribution in [0.2, 0.25) is 0 Å². The van der Waals surface area contributed by atoms with Crippen LogP contribution < -0.4 is 11.1 Å². The van der Waals surface area contributed by atoms with E-state index in [0.717, 1.165) is 25.9 Å². The Morgan fingerprint density at radius 2 is 1.95 bits per heavy atom. The molecule has 2 aliphatic heterocycles. The lowest BCUT2D eigenvalue weighted by Gasteiger charge is -2.37. The average Bonchev–Trinajstić information content (AvgIpc) is 2.83. The number of hydrogen-bond acceptors (Lipinski definition) is 3. The van der Waals surface area contributed by atoms with Gasteiger partial charge in [0.1, 0.15) is 0 Å². The lowest BCUT2D eigenvalue weighted by molar-refractivity contribution is -0.134. The molecule has 0 radical (unpaired) electrons. The number of nitrogens with one attached hydrogen (secondary N) is 1. The second kappa shape index (κ2) is 5.77. The fourth-order valence-electron chi connectivity index (χ4n) is 2.73. The van der Waals surface area contributed by atoms with Gasteiger partial charge in [-0.05, 0) is 18.8 Å². The first-order chi connectivity index (χ1) is 9.00. The second-order valence-electron chi connectivity index (χ2n) is 5.75. The highest BCUT2D eigenvalue weighted by Crippen LogP contribution is 2.19. The van der Waals surface area contributed by atoms with Crippen molar-refractivity contribution in [3.8, 4) is 0 Å². The predicted molar refractivity (Wildman–Crippen MR) is 72.5 cm³/mol. The third kappa shape index (κ3) is 3.00. The molecule has 1 atom stereocenters. The molecule has 0 bridgehead atoms. The normalized spacial score (nSPS) is 22.8. The van der Waals surface area contributed by atoms with Crippen LogP contribution in [-0.4, -0.2) is 60.0 Å². The van der Waals surface area contributed by atoms with Gasteiger partial charge in [-0.15, -0.1) is 0 Å². The maximum absolute atomic E-state index is 12.1. The summed E-state index contributed by atoms with van der Waals surface area (Å²) in [7, 11) is 0. The van der Waals surface area contributed by atoms with Gasteiger partial charge < -0.3 is 20.9 Å². The van der Waals surface area contributed by atoms with Crippen molar-refractivity contribution in [2.45, 2.75) is 38.8 Å². The van der Waals surface area contributed by atoms with Gasteiger partial charge in [0.05, 0.1) is 6.04 Å². The minimum atomic E-state index is -0.411. The molecule has 3 N–H and O–H groups in total. The molecule has 6 heteroatoms. The molecule has 2 rings (SSSR count). The Hall–Kier alpha value is -1.30. The molecule has 108 valence electrons. The fraction of sp³-hybridized carbons (Fsp3) is 0.846. The molecule has 2 heterocycles. The maximum Gasteiger partial charge on any atom is 0.317 e. The zero-order valence-corrected chi connectivity index (χ0v) is 11.8. The van der Waals surface area contributed by atoms with Crippen molar-refractivity contribution in [1.29, 1.82) is 0 Å². The van der Waals surface area contributed by atoms with Crippen molar-refractivity contribution in [3.05, 3.63) is 0 Å². The highest BCUT2D eigenvalue weighted by Gasteiger charge is 2.33. The van der Waals surface area contributed by atoms with Crippen LogP contribution in [0.25, 0.3) is 0 Å². The summed E-state index contributed by atoms with van der Waals surface area (Å²) >= 11 is 0. The van der Waals surface area contributed by atoms with Gasteiger partial charge in [0.25, 0.3) is 0 Å². The van der Waals surface area contributed by atoms with E-state index in [9.17, 15) is 9.59 Å². The number of nitrogens with two attached hydrogens (primary N) is 1. The Labute approximate surface area is 114 Å². The van der Waals surface area contributed by atoms with Crippen molar-refractivity contribution < 1.29 is 9.59 Å². The van der Waals surface area contributed by atoms with Gasteiger partial charge in [-0.2, -0.15) is 0 Å². The van der Waals surface area contributed by atoms with Gasteiger partial charge in [-0.1, -0.05) is 13.8 Å². The standard InChI is InChI=1S/C13H24N4O2/c1-9(2)11(14)12(18)16-6-3-10(4-7-16)17-8-5-15-13(17)19/h9-11H,3-8,14H2,1-2H3,(H,15,19).